The van der Waals surface area contributed by atoms with Crippen molar-refractivity contribution in [2.75, 3.05) is 0 Å². The molecular weight excluding hydrogens is 398 g/mol. The van der Waals surface area contributed by atoms with Crippen LogP contribution in [0.15, 0.2) is 97.6 Å². The third-order valence-electron chi connectivity index (χ3n) is 5.16. The normalized spacial score (nSPS) is 11.1. The van der Waals surface area contributed by atoms with Crippen LogP contribution < -0.4 is 4.74 Å². The Morgan fingerprint density at radius 1 is 0.781 bits per heavy atom. The number of pyridine rings is 1. The maximum absolute atomic E-state index is 6.17. The Morgan fingerprint density at radius 3 is 2.44 bits per heavy atom. The molecule has 0 saturated heterocycles. The van der Waals surface area contributed by atoms with Gasteiger partial charge in [0.05, 0.1) is 17.6 Å². The highest BCUT2D eigenvalue weighted by Gasteiger charge is 2.11. The lowest BCUT2D eigenvalue weighted by molar-refractivity contribution is 0.458. The van der Waals surface area contributed by atoms with Crippen molar-refractivity contribution in [3.05, 3.63) is 103 Å². The van der Waals surface area contributed by atoms with E-state index in [0.717, 1.165) is 28.2 Å². The molecule has 0 amide bonds. The number of nitrogens with zero attached hydrogens (tertiary/aromatic N) is 5. The van der Waals surface area contributed by atoms with E-state index in [9.17, 15) is 0 Å². The van der Waals surface area contributed by atoms with Gasteiger partial charge in [0.2, 0.25) is 5.88 Å². The van der Waals surface area contributed by atoms with Gasteiger partial charge >= 0.3 is 0 Å². The molecule has 158 valence electrons. The summed E-state index contributed by atoms with van der Waals surface area (Å²) in [4.78, 5) is 4.70. The standard InChI is InChI=1S/C26H23N5O/c1-19(2)25-15-23(30-13-7-12-27-30)16-26(29-25)32-24-11-6-10-22(14-24)31-18-21(17-28-31)20-8-4-3-5-9-20/h3-19H,1-2H3. The summed E-state index contributed by atoms with van der Waals surface area (Å²) >= 11 is 0. The number of hydrogen-bond acceptors (Lipinski definition) is 4. The van der Waals surface area contributed by atoms with E-state index in [-0.39, 0.29) is 5.92 Å². The summed E-state index contributed by atoms with van der Waals surface area (Å²) in [7, 11) is 0. The van der Waals surface area contributed by atoms with Crippen molar-refractivity contribution in [1.29, 1.82) is 0 Å². The first-order valence-corrected chi connectivity index (χ1v) is 10.6. The first kappa shape index (κ1) is 19.8. The average molecular weight is 422 g/mol. The van der Waals surface area contributed by atoms with Crippen LogP contribution in [0.5, 0.6) is 11.6 Å². The fourth-order valence-electron chi connectivity index (χ4n) is 3.47. The highest BCUT2D eigenvalue weighted by molar-refractivity contribution is 5.62. The van der Waals surface area contributed by atoms with Crippen LogP contribution >= 0.6 is 0 Å². The second kappa shape index (κ2) is 8.51. The first-order valence-electron chi connectivity index (χ1n) is 10.6. The van der Waals surface area contributed by atoms with Gasteiger partial charge in [0.15, 0.2) is 0 Å². The smallest absolute Gasteiger partial charge is 0.221 e. The first-order chi connectivity index (χ1) is 15.7. The third-order valence-corrected chi connectivity index (χ3v) is 5.16. The van der Waals surface area contributed by atoms with Crippen LogP contribution in [-0.4, -0.2) is 24.5 Å². The zero-order valence-corrected chi connectivity index (χ0v) is 18.0. The molecule has 0 N–H and O–H groups in total. The quantitative estimate of drug-likeness (QED) is 0.336. The topological polar surface area (TPSA) is 57.8 Å². The van der Waals surface area contributed by atoms with Gasteiger partial charge in [0.1, 0.15) is 5.75 Å². The molecule has 5 rings (SSSR count). The lowest BCUT2D eigenvalue weighted by Crippen LogP contribution is -2.02. The molecular formula is C26H23N5O. The summed E-state index contributed by atoms with van der Waals surface area (Å²) in [5.41, 5.74) is 4.97. The highest BCUT2D eigenvalue weighted by Crippen LogP contribution is 2.27. The van der Waals surface area contributed by atoms with Gasteiger partial charge in [-0.15, -0.1) is 0 Å². The Kier molecular flexibility index (Phi) is 5.25. The van der Waals surface area contributed by atoms with E-state index in [4.69, 9.17) is 9.72 Å². The molecule has 5 aromatic rings. The van der Waals surface area contributed by atoms with Crippen LogP contribution in [0.4, 0.5) is 0 Å². The molecule has 0 aliphatic rings. The largest absolute Gasteiger partial charge is 0.439 e. The van der Waals surface area contributed by atoms with Crippen LogP contribution in [0, 0.1) is 0 Å². The molecule has 0 atom stereocenters. The van der Waals surface area contributed by atoms with Crippen molar-refractivity contribution in [2.24, 2.45) is 0 Å². The van der Waals surface area contributed by atoms with Crippen LogP contribution in [0.2, 0.25) is 0 Å². The van der Waals surface area contributed by atoms with Gasteiger partial charge in [0, 0.05) is 42.0 Å². The van der Waals surface area contributed by atoms with E-state index < -0.39 is 0 Å². The monoisotopic (exact) mass is 421 g/mol. The summed E-state index contributed by atoms with van der Waals surface area (Å²) < 4.78 is 9.83. The van der Waals surface area contributed by atoms with E-state index in [2.05, 4.69) is 36.2 Å². The molecule has 6 nitrogen and oxygen atoms in total. The Hall–Kier alpha value is -4.19. The second-order valence-corrected chi connectivity index (χ2v) is 7.83. The van der Waals surface area contributed by atoms with E-state index in [1.165, 1.54) is 0 Å². The maximum Gasteiger partial charge on any atom is 0.221 e. The van der Waals surface area contributed by atoms with Gasteiger partial charge in [-0.1, -0.05) is 50.2 Å². The molecule has 0 fully saturated rings. The van der Waals surface area contributed by atoms with Crippen LogP contribution in [0.1, 0.15) is 25.5 Å². The SMILES string of the molecule is CC(C)c1cc(-n2cccn2)cc(Oc2cccc(-n3cc(-c4ccccc4)cn3)c2)n1. The molecule has 32 heavy (non-hydrogen) atoms. The summed E-state index contributed by atoms with van der Waals surface area (Å²) in [5, 5.41) is 8.87. The number of ether oxygens (including phenoxy) is 1. The molecule has 0 bridgehead atoms. The van der Waals surface area contributed by atoms with Crippen LogP contribution in [0.25, 0.3) is 22.5 Å². The molecule has 3 heterocycles. The Balaban J connectivity index is 1.44. The summed E-state index contributed by atoms with van der Waals surface area (Å²) in [6, 6.07) is 23.9. The maximum atomic E-state index is 6.17. The van der Waals surface area contributed by atoms with E-state index >= 15 is 0 Å². The van der Waals surface area contributed by atoms with Gasteiger partial charge in [0.25, 0.3) is 0 Å². The second-order valence-electron chi connectivity index (χ2n) is 7.83. The van der Waals surface area contributed by atoms with E-state index in [1.807, 2.05) is 88.6 Å². The Bertz CT molecular complexity index is 1320. The van der Waals surface area contributed by atoms with Crippen molar-refractivity contribution >= 4 is 0 Å². The molecule has 0 saturated carbocycles. The predicted octanol–water partition coefficient (Wildman–Crippen LogP) is 6.04. The molecule has 2 aromatic carbocycles. The van der Waals surface area contributed by atoms with Crippen molar-refractivity contribution in [3.63, 3.8) is 0 Å². The minimum absolute atomic E-state index is 0.264. The van der Waals surface area contributed by atoms with Gasteiger partial charge in [-0.3, -0.25) is 0 Å². The summed E-state index contributed by atoms with van der Waals surface area (Å²) in [6.45, 7) is 4.23. The summed E-state index contributed by atoms with van der Waals surface area (Å²) in [6.07, 6.45) is 7.55. The fraction of sp³-hybridized carbons (Fsp3) is 0.115. The Morgan fingerprint density at radius 2 is 1.66 bits per heavy atom. The number of rotatable bonds is 6. The molecule has 0 aliphatic heterocycles. The summed E-state index contributed by atoms with van der Waals surface area (Å²) in [5.74, 6) is 1.49. The molecule has 0 unspecified atom stereocenters. The van der Waals surface area contributed by atoms with Crippen molar-refractivity contribution in [2.45, 2.75) is 19.8 Å². The molecule has 3 aromatic heterocycles. The molecule has 0 spiro atoms. The van der Waals surface area contributed by atoms with Crippen LogP contribution in [-0.2, 0) is 0 Å². The zero-order chi connectivity index (χ0) is 21.9. The van der Waals surface area contributed by atoms with Crippen molar-refractivity contribution < 1.29 is 4.74 Å². The minimum Gasteiger partial charge on any atom is -0.439 e. The average Bonchev–Trinajstić information content (AvgIpc) is 3.52. The van der Waals surface area contributed by atoms with Gasteiger partial charge in [-0.05, 0) is 35.7 Å². The van der Waals surface area contributed by atoms with E-state index in [0.29, 0.717) is 11.6 Å². The van der Waals surface area contributed by atoms with Crippen molar-refractivity contribution in [1.82, 2.24) is 24.5 Å². The predicted molar refractivity (Wildman–Crippen MR) is 125 cm³/mol. The lowest BCUT2D eigenvalue weighted by atomic mass is 10.1. The molecule has 6 heteroatoms. The Labute approximate surface area is 186 Å². The number of benzene rings is 2. The zero-order valence-electron chi connectivity index (χ0n) is 18.0. The lowest BCUT2D eigenvalue weighted by Gasteiger charge is -2.12. The number of hydrogen-bond donors (Lipinski definition) is 0. The van der Waals surface area contributed by atoms with Crippen molar-refractivity contribution in [3.8, 4) is 34.1 Å². The molecule has 0 aliphatic carbocycles. The van der Waals surface area contributed by atoms with Crippen LogP contribution in [0.3, 0.4) is 0 Å². The van der Waals surface area contributed by atoms with Gasteiger partial charge in [-0.25, -0.2) is 14.3 Å². The number of aromatic nitrogens is 5. The van der Waals surface area contributed by atoms with Gasteiger partial charge < -0.3 is 4.74 Å². The molecule has 0 radical (unpaired) electrons. The third kappa shape index (κ3) is 4.16. The highest BCUT2D eigenvalue weighted by atomic mass is 16.5. The minimum atomic E-state index is 0.264. The van der Waals surface area contributed by atoms with E-state index in [1.54, 1.807) is 6.20 Å². The van der Waals surface area contributed by atoms with Gasteiger partial charge in [-0.2, -0.15) is 10.2 Å². The fourth-order valence-corrected chi connectivity index (χ4v) is 3.47.